The zero-order valence-electron chi connectivity index (χ0n) is 15.1. The average Bonchev–Trinajstić information content (AvgIpc) is 2.92. The second kappa shape index (κ2) is 8.25. The van der Waals surface area contributed by atoms with E-state index in [1.807, 2.05) is 23.1 Å². The molecule has 0 aliphatic carbocycles. The third-order valence-electron chi connectivity index (χ3n) is 5.29. The van der Waals surface area contributed by atoms with Gasteiger partial charge in [-0.15, -0.1) is 10.2 Å². The number of hydrogen-bond acceptors (Lipinski definition) is 4. The number of aryl methyl sites for hydroxylation is 1. The van der Waals surface area contributed by atoms with Crippen molar-refractivity contribution in [3.63, 3.8) is 0 Å². The van der Waals surface area contributed by atoms with Crippen molar-refractivity contribution < 1.29 is 4.79 Å². The molecule has 0 N–H and O–H groups in total. The highest BCUT2D eigenvalue weighted by Crippen LogP contribution is 2.37. The molecule has 2 aliphatic heterocycles. The molecule has 2 aliphatic rings. The molecule has 1 atom stereocenters. The van der Waals surface area contributed by atoms with Gasteiger partial charge in [0.1, 0.15) is 11.1 Å². The number of benzene rings is 1. The van der Waals surface area contributed by atoms with Crippen molar-refractivity contribution in [2.45, 2.75) is 61.9 Å². The minimum atomic E-state index is -0.245. The van der Waals surface area contributed by atoms with Crippen LogP contribution in [0.4, 0.5) is 0 Å². The molecule has 1 amide bonds. The van der Waals surface area contributed by atoms with Crippen molar-refractivity contribution >= 4 is 17.7 Å². The second-order valence-corrected chi connectivity index (χ2v) is 8.23. The monoisotopic (exact) mass is 370 g/mol. The van der Waals surface area contributed by atoms with E-state index >= 15 is 0 Å². The first-order chi connectivity index (χ1) is 12.8. The van der Waals surface area contributed by atoms with Crippen LogP contribution < -0.4 is 0 Å². The van der Waals surface area contributed by atoms with Crippen LogP contribution in [0, 0.1) is 0 Å². The molecule has 0 saturated carbocycles. The minimum absolute atomic E-state index is 0.215. The van der Waals surface area contributed by atoms with Crippen molar-refractivity contribution in [2.24, 2.45) is 0 Å². The molecular formula is C20H26N4OS. The maximum atomic E-state index is 13.3. The smallest absolute Gasteiger partial charge is 0.240 e. The summed E-state index contributed by atoms with van der Waals surface area (Å²) in [7, 11) is 0. The van der Waals surface area contributed by atoms with Gasteiger partial charge in [-0.05, 0) is 37.7 Å². The van der Waals surface area contributed by atoms with E-state index in [1.165, 1.54) is 19.3 Å². The van der Waals surface area contributed by atoms with Crippen molar-refractivity contribution in [1.82, 2.24) is 19.7 Å². The van der Waals surface area contributed by atoms with Gasteiger partial charge in [0.15, 0.2) is 5.16 Å². The summed E-state index contributed by atoms with van der Waals surface area (Å²) in [4.78, 5) is 15.3. The summed E-state index contributed by atoms with van der Waals surface area (Å²) in [5.74, 6) is 1.29. The van der Waals surface area contributed by atoms with E-state index in [0.717, 1.165) is 61.9 Å². The molecule has 0 unspecified atom stereocenters. The van der Waals surface area contributed by atoms with Crippen molar-refractivity contribution in [2.75, 3.05) is 13.1 Å². The molecule has 5 nitrogen and oxygen atoms in total. The predicted molar refractivity (Wildman–Crippen MR) is 103 cm³/mol. The van der Waals surface area contributed by atoms with Crippen LogP contribution in [0.5, 0.6) is 0 Å². The first kappa shape index (κ1) is 17.6. The Morgan fingerprint density at radius 3 is 2.46 bits per heavy atom. The van der Waals surface area contributed by atoms with Crippen LogP contribution in [-0.2, 0) is 17.8 Å². The van der Waals surface area contributed by atoms with Crippen LogP contribution in [0.2, 0.25) is 0 Å². The van der Waals surface area contributed by atoms with E-state index in [9.17, 15) is 4.79 Å². The molecule has 1 aromatic heterocycles. The van der Waals surface area contributed by atoms with E-state index in [0.29, 0.717) is 0 Å². The van der Waals surface area contributed by atoms with E-state index in [2.05, 4.69) is 26.9 Å². The summed E-state index contributed by atoms with van der Waals surface area (Å²) in [6, 6.07) is 10.1. The van der Waals surface area contributed by atoms with Gasteiger partial charge in [0.05, 0.1) is 0 Å². The molecule has 0 bridgehead atoms. The molecule has 1 aromatic carbocycles. The first-order valence-electron chi connectivity index (χ1n) is 9.75. The Hall–Kier alpha value is -1.82. The third kappa shape index (κ3) is 3.80. The Balaban J connectivity index is 1.61. The molecule has 0 spiro atoms. The highest BCUT2D eigenvalue weighted by atomic mass is 32.2. The van der Waals surface area contributed by atoms with Crippen LogP contribution >= 0.6 is 11.8 Å². The van der Waals surface area contributed by atoms with Gasteiger partial charge < -0.3 is 9.47 Å². The lowest BCUT2D eigenvalue weighted by molar-refractivity contribution is -0.131. The summed E-state index contributed by atoms with van der Waals surface area (Å²) < 4.78 is 2.23. The van der Waals surface area contributed by atoms with Crippen molar-refractivity contribution in [3.05, 3.63) is 41.7 Å². The maximum Gasteiger partial charge on any atom is 0.240 e. The fourth-order valence-electron chi connectivity index (χ4n) is 3.82. The number of fused-ring (bicyclic) bond motifs is 1. The SMILES string of the molecule is O=C([C@@H](Sc1nnc2n1CCCCC2)c1ccccc1)N1CCCCC1. The lowest BCUT2D eigenvalue weighted by atomic mass is 10.1. The minimum Gasteiger partial charge on any atom is -0.341 e. The van der Waals surface area contributed by atoms with Crippen LogP contribution in [-0.4, -0.2) is 38.7 Å². The highest BCUT2D eigenvalue weighted by Gasteiger charge is 2.30. The number of likely N-dealkylation sites (tertiary alicyclic amines) is 1. The van der Waals surface area contributed by atoms with E-state index in [-0.39, 0.29) is 11.2 Å². The van der Waals surface area contributed by atoms with E-state index in [1.54, 1.807) is 11.8 Å². The Labute approximate surface area is 159 Å². The van der Waals surface area contributed by atoms with Crippen molar-refractivity contribution in [3.8, 4) is 0 Å². The summed E-state index contributed by atoms with van der Waals surface area (Å²) in [5.41, 5.74) is 1.05. The van der Waals surface area contributed by atoms with Crippen LogP contribution in [0.15, 0.2) is 35.5 Å². The molecule has 3 heterocycles. The van der Waals surface area contributed by atoms with Gasteiger partial charge in [0.25, 0.3) is 0 Å². The number of aromatic nitrogens is 3. The Kier molecular flexibility index (Phi) is 5.58. The second-order valence-electron chi connectivity index (χ2n) is 7.16. The lowest BCUT2D eigenvalue weighted by Crippen LogP contribution is -2.38. The summed E-state index contributed by atoms with van der Waals surface area (Å²) >= 11 is 1.57. The summed E-state index contributed by atoms with van der Waals surface area (Å²) in [5, 5.41) is 9.49. The zero-order chi connectivity index (χ0) is 17.8. The summed E-state index contributed by atoms with van der Waals surface area (Å²) in [6.07, 6.45) is 8.01. The van der Waals surface area contributed by atoms with Gasteiger partial charge in [-0.1, -0.05) is 48.5 Å². The van der Waals surface area contributed by atoms with Crippen molar-refractivity contribution in [1.29, 1.82) is 0 Å². The topological polar surface area (TPSA) is 51.0 Å². The fourth-order valence-corrected chi connectivity index (χ4v) is 4.99. The third-order valence-corrected chi connectivity index (χ3v) is 6.52. The molecule has 1 saturated heterocycles. The highest BCUT2D eigenvalue weighted by molar-refractivity contribution is 8.00. The van der Waals surface area contributed by atoms with Gasteiger partial charge in [-0.3, -0.25) is 4.79 Å². The molecule has 4 rings (SSSR count). The Morgan fingerprint density at radius 1 is 0.923 bits per heavy atom. The van der Waals surface area contributed by atoms with Gasteiger partial charge in [0, 0.05) is 26.1 Å². The average molecular weight is 371 g/mol. The number of carbonyl (C=O) groups is 1. The van der Waals surface area contributed by atoms with Crippen LogP contribution in [0.3, 0.4) is 0 Å². The summed E-state index contributed by atoms with van der Waals surface area (Å²) in [6.45, 7) is 2.71. The van der Waals surface area contributed by atoms with Crippen LogP contribution in [0.25, 0.3) is 0 Å². The number of rotatable bonds is 4. The number of thioether (sulfide) groups is 1. The van der Waals surface area contributed by atoms with E-state index < -0.39 is 0 Å². The fraction of sp³-hybridized carbons (Fsp3) is 0.550. The number of hydrogen-bond donors (Lipinski definition) is 0. The molecule has 2 aromatic rings. The normalized spacial score (nSPS) is 18.8. The lowest BCUT2D eigenvalue weighted by Gasteiger charge is -2.30. The molecule has 1 fully saturated rings. The molecule has 26 heavy (non-hydrogen) atoms. The number of carbonyl (C=O) groups excluding carboxylic acids is 1. The molecule has 6 heteroatoms. The van der Waals surface area contributed by atoms with Gasteiger partial charge in [0.2, 0.25) is 5.91 Å². The number of amides is 1. The first-order valence-corrected chi connectivity index (χ1v) is 10.6. The maximum absolute atomic E-state index is 13.3. The predicted octanol–water partition coefficient (Wildman–Crippen LogP) is 3.85. The molecule has 0 radical (unpaired) electrons. The Bertz CT molecular complexity index is 740. The number of nitrogens with zero attached hydrogens (tertiary/aromatic N) is 4. The van der Waals surface area contributed by atoms with Gasteiger partial charge >= 0.3 is 0 Å². The molecular weight excluding hydrogens is 344 g/mol. The Morgan fingerprint density at radius 2 is 1.65 bits per heavy atom. The quantitative estimate of drug-likeness (QED) is 0.767. The zero-order valence-corrected chi connectivity index (χ0v) is 16.0. The largest absolute Gasteiger partial charge is 0.341 e. The van der Waals surface area contributed by atoms with E-state index in [4.69, 9.17) is 0 Å². The number of piperidine rings is 1. The molecule has 138 valence electrons. The van der Waals surface area contributed by atoms with Crippen LogP contribution in [0.1, 0.15) is 55.2 Å². The standard InChI is InChI=1S/C20H26N4OS/c25-19(23-13-7-3-8-14-23)18(16-10-4-1-5-11-16)26-20-22-21-17-12-6-2-9-15-24(17)20/h1,4-5,10-11,18H,2-3,6-9,12-15H2/t18-/m0/s1. The van der Waals surface area contributed by atoms with Gasteiger partial charge in [-0.2, -0.15) is 0 Å². The van der Waals surface area contributed by atoms with Gasteiger partial charge in [-0.25, -0.2) is 0 Å².